The predicted octanol–water partition coefficient (Wildman–Crippen LogP) is 5.49. The largest absolute Gasteiger partial charge is 0.480 e. The summed E-state index contributed by atoms with van der Waals surface area (Å²) in [5.41, 5.74) is 14.9. The molecule has 0 aromatic heterocycles. The van der Waals surface area contributed by atoms with Crippen molar-refractivity contribution in [1.29, 1.82) is 0 Å². The number of carbonyl (C=O) groups is 2. The molecule has 0 aliphatic rings. The highest BCUT2D eigenvalue weighted by Crippen LogP contribution is 2.18. The summed E-state index contributed by atoms with van der Waals surface area (Å²) in [5.74, 6) is -0.933. The number of unbranched alkanes of at least 4 members (excludes halogenated alkanes) is 1. The fourth-order valence-corrected chi connectivity index (χ4v) is 2.95. The number of aldehydes is 1. The van der Waals surface area contributed by atoms with Gasteiger partial charge in [0.15, 0.2) is 0 Å². The van der Waals surface area contributed by atoms with Crippen molar-refractivity contribution in [1.82, 2.24) is 6.15 Å². The zero-order valence-electron chi connectivity index (χ0n) is 20.1. The Balaban J connectivity index is 0.000000490. The van der Waals surface area contributed by atoms with E-state index in [-0.39, 0.29) is 6.15 Å². The van der Waals surface area contributed by atoms with Crippen LogP contribution in [-0.4, -0.2) is 29.9 Å². The summed E-state index contributed by atoms with van der Waals surface area (Å²) in [5, 5.41) is 8.33. The zero-order valence-corrected chi connectivity index (χ0v) is 20.1. The normalized spacial score (nSPS) is 10.3. The van der Waals surface area contributed by atoms with Gasteiger partial charge in [-0.2, -0.15) is 0 Å². The lowest BCUT2D eigenvalue weighted by molar-refractivity contribution is -0.138. The molecular formula is C28H39N3O3. The lowest BCUT2D eigenvalue weighted by Crippen LogP contribution is -2.29. The van der Waals surface area contributed by atoms with Crippen molar-refractivity contribution in [2.75, 3.05) is 6.54 Å². The predicted molar refractivity (Wildman–Crippen MR) is 141 cm³/mol. The molecule has 184 valence electrons. The molecule has 0 heterocycles. The average Bonchev–Trinajstić information content (AvgIpc) is 2.86. The van der Waals surface area contributed by atoms with Crippen LogP contribution in [-0.2, 0) is 11.2 Å². The van der Waals surface area contributed by atoms with Gasteiger partial charge in [-0.15, -0.1) is 0 Å². The summed E-state index contributed by atoms with van der Waals surface area (Å²) in [7, 11) is 0. The fourth-order valence-electron chi connectivity index (χ4n) is 2.95. The Labute approximate surface area is 203 Å². The first-order chi connectivity index (χ1) is 16.0. The van der Waals surface area contributed by atoms with Crippen molar-refractivity contribution in [3.63, 3.8) is 0 Å². The summed E-state index contributed by atoms with van der Waals surface area (Å²) in [4.78, 5) is 20.6. The molecular weight excluding hydrogens is 426 g/mol. The van der Waals surface area contributed by atoms with Gasteiger partial charge in [0.25, 0.3) is 0 Å². The van der Waals surface area contributed by atoms with E-state index in [9.17, 15) is 9.59 Å². The molecule has 3 aromatic carbocycles. The van der Waals surface area contributed by atoms with Gasteiger partial charge >= 0.3 is 5.97 Å². The van der Waals surface area contributed by atoms with Gasteiger partial charge in [0.1, 0.15) is 12.3 Å². The van der Waals surface area contributed by atoms with Gasteiger partial charge in [-0.3, -0.25) is 9.59 Å². The van der Waals surface area contributed by atoms with Crippen LogP contribution in [0, 0.1) is 0 Å². The second kappa shape index (κ2) is 19.2. The van der Waals surface area contributed by atoms with Gasteiger partial charge in [-0.25, -0.2) is 0 Å². The maximum Gasteiger partial charge on any atom is 0.320 e. The van der Waals surface area contributed by atoms with Crippen molar-refractivity contribution >= 4 is 12.3 Å². The summed E-state index contributed by atoms with van der Waals surface area (Å²) in [6, 6.07) is 27.5. The molecule has 0 radical (unpaired) electrons. The molecule has 6 nitrogen and oxygen atoms in total. The van der Waals surface area contributed by atoms with Crippen LogP contribution in [0.1, 0.15) is 48.5 Å². The van der Waals surface area contributed by atoms with Crippen molar-refractivity contribution in [3.8, 4) is 11.1 Å². The molecule has 0 fully saturated rings. The highest BCUT2D eigenvalue weighted by atomic mass is 16.4. The summed E-state index contributed by atoms with van der Waals surface area (Å²) in [6.45, 7) is 2.80. The first-order valence-electron chi connectivity index (χ1n) is 11.3. The van der Waals surface area contributed by atoms with Crippen LogP contribution in [0.4, 0.5) is 0 Å². The van der Waals surface area contributed by atoms with Gasteiger partial charge in [-0.1, -0.05) is 105 Å². The Bertz CT molecular complexity index is 901. The minimum Gasteiger partial charge on any atom is -0.480 e. The monoisotopic (exact) mass is 465 g/mol. The molecule has 0 saturated heterocycles. The molecule has 34 heavy (non-hydrogen) atoms. The molecule has 0 bridgehead atoms. The molecule has 0 spiro atoms. The lowest BCUT2D eigenvalue weighted by atomic mass is 10.0. The molecule has 3 rings (SSSR count). The zero-order chi connectivity index (χ0) is 24.3. The van der Waals surface area contributed by atoms with Crippen LogP contribution >= 0.6 is 0 Å². The van der Waals surface area contributed by atoms with E-state index in [1.807, 2.05) is 42.5 Å². The molecule has 0 amide bonds. The minimum atomic E-state index is -0.933. The first-order valence-corrected chi connectivity index (χ1v) is 11.3. The Morgan fingerprint density at radius 2 is 1.41 bits per heavy atom. The van der Waals surface area contributed by atoms with E-state index in [0.717, 1.165) is 24.7 Å². The van der Waals surface area contributed by atoms with E-state index in [2.05, 4.69) is 49.4 Å². The molecule has 1 atom stereocenters. The second-order valence-electron chi connectivity index (χ2n) is 7.57. The third kappa shape index (κ3) is 13.3. The molecule has 0 unspecified atom stereocenters. The van der Waals surface area contributed by atoms with Crippen LogP contribution in [0.25, 0.3) is 11.1 Å². The Morgan fingerprint density at radius 1 is 0.882 bits per heavy atom. The number of carboxylic acid groups (broad SMARTS) is 1. The maximum absolute atomic E-state index is 10.5. The van der Waals surface area contributed by atoms with E-state index in [1.165, 1.54) is 24.0 Å². The van der Waals surface area contributed by atoms with Crippen molar-refractivity contribution in [2.45, 2.75) is 45.1 Å². The van der Waals surface area contributed by atoms with Crippen LogP contribution in [0.15, 0.2) is 84.9 Å². The molecule has 0 aliphatic heterocycles. The number of benzene rings is 3. The van der Waals surface area contributed by atoms with Crippen molar-refractivity contribution in [2.24, 2.45) is 11.5 Å². The van der Waals surface area contributed by atoms with E-state index >= 15 is 0 Å². The number of nitrogens with two attached hydrogens (primary N) is 2. The topological polar surface area (TPSA) is 141 Å². The third-order valence-corrected chi connectivity index (χ3v) is 4.82. The molecule has 8 N–H and O–H groups in total. The SMILES string of the molecule is CCCc1ccccc1.N.NCCCC[C@H](N)C(=O)O.O=Cc1ccc(-c2ccccc2)cc1. The number of rotatable bonds is 9. The van der Waals surface area contributed by atoms with E-state index in [0.29, 0.717) is 18.5 Å². The lowest BCUT2D eigenvalue weighted by Gasteiger charge is -2.03. The number of carbonyl (C=O) groups excluding carboxylic acids is 1. The minimum absolute atomic E-state index is 0. The Hall–Kier alpha value is -3.32. The highest BCUT2D eigenvalue weighted by molar-refractivity contribution is 5.76. The number of aryl methyl sites for hydroxylation is 1. The first kappa shape index (κ1) is 30.7. The van der Waals surface area contributed by atoms with Gasteiger partial charge in [-0.05, 0) is 42.5 Å². The van der Waals surface area contributed by atoms with Gasteiger partial charge in [0.2, 0.25) is 0 Å². The average molecular weight is 466 g/mol. The number of hydrogen-bond donors (Lipinski definition) is 4. The quantitative estimate of drug-likeness (QED) is 0.243. The highest BCUT2D eigenvalue weighted by Gasteiger charge is 2.09. The Kier molecular flexibility index (Phi) is 17.3. The summed E-state index contributed by atoms with van der Waals surface area (Å²) >= 11 is 0. The molecule has 3 aromatic rings. The maximum atomic E-state index is 10.5. The van der Waals surface area contributed by atoms with Crippen LogP contribution < -0.4 is 17.6 Å². The fraction of sp³-hybridized carbons (Fsp3) is 0.286. The number of carboxylic acids is 1. The van der Waals surface area contributed by atoms with Crippen LogP contribution in [0.3, 0.4) is 0 Å². The van der Waals surface area contributed by atoms with Crippen molar-refractivity contribution in [3.05, 3.63) is 96.1 Å². The molecule has 6 heteroatoms. The van der Waals surface area contributed by atoms with E-state index in [1.54, 1.807) is 0 Å². The smallest absolute Gasteiger partial charge is 0.320 e. The molecule has 0 saturated carbocycles. The van der Waals surface area contributed by atoms with Gasteiger partial charge in [0, 0.05) is 5.56 Å². The summed E-state index contributed by atoms with van der Waals surface area (Å²) < 4.78 is 0. The standard InChI is InChI=1S/C13H10O.C9H12.C6H14N2O2.H3N/c14-10-11-6-8-13(9-7-11)12-4-2-1-3-5-12;1-2-6-9-7-4-3-5-8-9;7-4-2-1-3-5(8)6(9)10;/h1-10H;3-5,7-8H,2,6H2,1H3;5H,1-4,7-8H2,(H,9,10);1H3/t;;5-;/m..0./s1. The number of aliphatic carboxylic acids is 1. The van der Waals surface area contributed by atoms with Gasteiger partial charge in [0.05, 0.1) is 0 Å². The third-order valence-electron chi connectivity index (χ3n) is 4.82. The van der Waals surface area contributed by atoms with Crippen molar-refractivity contribution < 1.29 is 14.7 Å². The van der Waals surface area contributed by atoms with E-state index in [4.69, 9.17) is 16.6 Å². The number of hydrogen-bond acceptors (Lipinski definition) is 5. The van der Waals surface area contributed by atoms with Gasteiger partial charge < -0.3 is 22.7 Å². The van der Waals surface area contributed by atoms with Crippen LogP contribution in [0.5, 0.6) is 0 Å². The molecule has 0 aliphatic carbocycles. The second-order valence-corrected chi connectivity index (χ2v) is 7.57. The van der Waals surface area contributed by atoms with E-state index < -0.39 is 12.0 Å². The summed E-state index contributed by atoms with van der Waals surface area (Å²) in [6.07, 6.45) is 5.47. The Morgan fingerprint density at radius 3 is 1.88 bits per heavy atom. The van der Waals surface area contributed by atoms with Crippen LogP contribution in [0.2, 0.25) is 0 Å².